The molecule has 1 heterocycles. The van der Waals surface area contributed by atoms with Gasteiger partial charge < -0.3 is 10.1 Å². The van der Waals surface area contributed by atoms with Gasteiger partial charge in [0.2, 0.25) is 0 Å². The van der Waals surface area contributed by atoms with Crippen molar-refractivity contribution in [2.45, 2.75) is 20.8 Å². The van der Waals surface area contributed by atoms with Gasteiger partial charge in [0.15, 0.2) is 0 Å². The summed E-state index contributed by atoms with van der Waals surface area (Å²) in [6, 6.07) is 15.4. The van der Waals surface area contributed by atoms with Crippen molar-refractivity contribution < 1.29 is 9.53 Å². The van der Waals surface area contributed by atoms with Gasteiger partial charge in [-0.3, -0.25) is 0 Å². The average molecular weight is 404 g/mol. The van der Waals surface area contributed by atoms with Gasteiger partial charge >= 0.3 is 5.97 Å². The molecule has 0 aliphatic rings. The van der Waals surface area contributed by atoms with E-state index in [1.807, 2.05) is 17.5 Å². The van der Waals surface area contributed by atoms with Crippen LogP contribution in [0.15, 0.2) is 54.0 Å². The molecule has 3 rings (SSSR count). The topological polar surface area (TPSA) is 75.0 Å². The van der Waals surface area contributed by atoms with Crippen molar-refractivity contribution in [3.05, 3.63) is 75.7 Å². The van der Waals surface area contributed by atoms with Gasteiger partial charge in [0, 0.05) is 17.1 Å². The Morgan fingerprint density at radius 2 is 2.03 bits per heavy atom. The fraction of sp³-hybridized carbons (Fsp3) is 0.174. The van der Waals surface area contributed by atoms with Crippen LogP contribution >= 0.6 is 11.3 Å². The molecule has 0 saturated carbocycles. The summed E-state index contributed by atoms with van der Waals surface area (Å²) < 4.78 is 5.08. The molecule has 0 aliphatic carbocycles. The van der Waals surface area contributed by atoms with Crippen LogP contribution in [0.2, 0.25) is 0 Å². The molecule has 0 aliphatic heterocycles. The number of anilines is 1. The van der Waals surface area contributed by atoms with Crippen molar-refractivity contribution in [3.8, 4) is 17.3 Å². The zero-order valence-electron chi connectivity index (χ0n) is 16.5. The zero-order valence-corrected chi connectivity index (χ0v) is 17.3. The highest BCUT2D eigenvalue weighted by Gasteiger charge is 2.13. The van der Waals surface area contributed by atoms with E-state index >= 15 is 0 Å². The number of esters is 1. The number of nitriles is 1. The number of rotatable bonds is 6. The molecule has 0 saturated heterocycles. The minimum Gasteiger partial charge on any atom is -0.462 e. The summed E-state index contributed by atoms with van der Waals surface area (Å²) >= 11 is 1.41. The summed E-state index contributed by atoms with van der Waals surface area (Å²) in [5, 5.41) is 15.2. The number of carbonyl (C=O) groups excluding carboxylic acids is 1. The highest BCUT2D eigenvalue weighted by atomic mass is 32.1. The quantitative estimate of drug-likeness (QED) is 0.429. The molecule has 0 amide bonds. The molecule has 0 fully saturated rings. The van der Waals surface area contributed by atoms with E-state index in [0.29, 0.717) is 28.4 Å². The molecule has 0 atom stereocenters. The van der Waals surface area contributed by atoms with Crippen LogP contribution in [0.5, 0.6) is 0 Å². The molecule has 29 heavy (non-hydrogen) atoms. The summed E-state index contributed by atoms with van der Waals surface area (Å²) in [4.78, 5) is 16.7. The summed E-state index contributed by atoms with van der Waals surface area (Å²) in [6.07, 6.45) is 1.57. The van der Waals surface area contributed by atoms with Crippen LogP contribution in [0.4, 0.5) is 5.69 Å². The predicted molar refractivity (Wildman–Crippen MR) is 117 cm³/mol. The first-order chi connectivity index (χ1) is 14.0. The Kier molecular flexibility index (Phi) is 6.43. The Hall–Kier alpha value is -3.43. The van der Waals surface area contributed by atoms with E-state index in [4.69, 9.17) is 4.74 Å². The van der Waals surface area contributed by atoms with Gasteiger partial charge in [-0.15, -0.1) is 11.3 Å². The molecule has 2 aromatic carbocycles. The lowest BCUT2D eigenvalue weighted by atomic mass is 10.1. The second kappa shape index (κ2) is 9.18. The minimum absolute atomic E-state index is 0.298. The van der Waals surface area contributed by atoms with Crippen molar-refractivity contribution in [1.82, 2.24) is 4.98 Å². The largest absolute Gasteiger partial charge is 0.462 e. The number of aryl methyl sites for hydroxylation is 2. The molecule has 0 unspecified atom stereocenters. The lowest BCUT2D eigenvalue weighted by molar-refractivity contribution is 0.0527. The van der Waals surface area contributed by atoms with Gasteiger partial charge in [0.1, 0.15) is 16.6 Å². The van der Waals surface area contributed by atoms with Crippen molar-refractivity contribution in [1.29, 1.82) is 5.26 Å². The van der Waals surface area contributed by atoms with E-state index in [1.54, 1.807) is 31.3 Å². The number of nitrogens with zero attached hydrogens (tertiary/aromatic N) is 2. The van der Waals surface area contributed by atoms with Gasteiger partial charge in [0.05, 0.1) is 23.6 Å². The first-order valence-electron chi connectivity index (χ1n) is 9.20. The lowest BCUT2D eigenvalue weighted by Crippen LogP contribution is -2.07. The smallest absolute Gasteiger partial charge is 0.340 e. The van der Waals surface area contributed by atoms with Crippen LogP contribution in [0.1, 0.15) is 33.4 Å². The second-order valence-electron chi connectivity index (χ2n) is 6.42. The van der Waals surface area contributed by atoms with Crippen molar-refractivity contribution in [2.75, 3.05) is 11.9 Å². The Morgan fingerprint density at radius 3 is 2.76 bits per heavy atom. The van der Waals surface area contributed by atoms with Gasteiger partial charge in [0.25, 0.3) is 0 Å². The highest BCUT2D eigenvalue weighted by Crippen LogP contribution is 2.27. The van der Waals surface area contributed by atoms with Gasteiger partial charge in [-0.05, 0) is 50.1 Å². The Balaban J connectivity index is 1.85. The van der Waals surface area contributed by atoms with E-state index in [-0.39, 0.29) is 0 Å². The molecule has 1 N–H and O–H groups in total. The normalized spacial score (nSPS) is 11.0. The molecule has 3 aromatic rings. The number of para-hydroxylation sites is 1. The molecule has 0 bridgehead atoms. The number of carbonyl (C=O) groups is 1. The number of nitrogens with one attached hydrogen (secondary N) is 1. The monoisotopic (exact) mass is 403 g/mol. The Bertz CT molecular complexity index is 1110. The first-order valence-corrected chi connectivity index (χ1v) is 10.1. The molecule has 0 radical (unpaired) electrons. The van der Waals surface area contributed by atoms with Crippen LogP contribution in [-0.2, 0) is 4.74 Å². The second-order valence-corrected chi connectivity index (χ2v) is 7.28. The lowest BCUT2D eigenvalue weighted by Gasteiger charge is -2.08. The molecule has 5 nitrogen and oxygen atoms in total. The third-order valence-electron chi connectivity index (χ3n) is 4.45. The number of benzene rings is 2. The predicted octanol–water partition coefficient (Wildman–Crippen LogP) is 5.58. The van der Waals surface area contributed by atoms with Gasteiger partial charge in [-0.25, -0.2) is 9.78 Å². The summed E-state index contributed by atoms with van der Waals surface area (Å²) in [5.41, 5.74) is 5.66. The minimum atomic E-state index is -0.409. The van der Waals surface area contributed by atoms with Crippen LogP contribution in [-0.4, -0.2) is 17.6 Å². The van der Waals surface area contributed by atoms with Crippen molar-refractivity contribution >= 4 is 28.6 Å². The molecular weight excluding hydrogens is 382 g/mol. The maximum atomic E-state index is 12.1. The van der Waals surface area contributed by atoms with E-state index < -0.39 is 5.97 Å². The summed E-state index contributed by atoms with van der Waals surface area (Å²) in [5.74, 6) is -0.409. The fourth-order valence-corrected chi connectivity index (χ4v) is 3.51. The van der Waals surface area contributed by atoms with E-state index in [2.05, 4.69) is 42.4 Å². The van der Waals surface area contributed by atoms with Crippen LogP contribution in [0, 0.1) is 25.2 Å². The molecule has 0 spiro atoms. The zero-order chi connectivity index (χ0) is 20.8. The number of hydrogen-bond donors (Lipinski definition) is 1. The Labute approximate surface area is 174 Å². The fourth-order valence-electron chi connectivity index (χ4n) is 2.72. The van der Waals surface area contributed by atoms with Crippen LogP contribution in [0.25, 0.3) is 16.8 Å². The van der Waals surface area contributed by atoms with E-state index in [9.17, 15) is 10.1 Å². The Morgan fingerprint density at radius 1 is 1.24 bits per heavy atom. The standard InChI is InChI=1S/C23H21N3O2S/c1-4-28-23(27)19-7-5-6-8-20(19)25-13-18(12-24)22-26-21(14-29-22)17-10-9-15(2)16(3)11-17/h5-11,13-14,25H,4H2,1-3H3/b18-13+. The molecular formula is C23H21N3O2S. The maximum Gasteiger partial charge on any atom is 0.340 e. The number of hydrogen-bond acceptors (Lipinski definition) is 6. The van der Waals surface area contributed by atoms with Gasteiger partial charge in [-0.2, -0.15) is 5.26 Å². The number of ether oxygens (including phenoxy) is 1. The number of aromatic nitrogens is 1. The average Bonchev–Trinajstić information content (AvgIpc) is 3.21. The van der Waals surface area contributed by atoms with Crippen molar-refractivity contribution in [3.63, 3.8) is 0 Å². The van der Waals surface area contributed by atoms with E-state index in [0.717, 1.165) is 11.3 Å². The van der Waals surface area contributed by atoms with E-state index in [1.165, 1.54) is 22.5 Å². The number of allylic oxidation sites excluding steroid dienone is 1. The third-order valence-corrected chi connectivity index (χ3v) is 5.33. The third kappa shape index (κ3) is 4.71. The summed E-state index contributed by atoms with van der Waals surface area (Å²) in [6.45, 7) is 6.20. The van der Waals surface area contributed by atoms with Gasteiger partial charge in [-0.1, -0.05) is 24.3 Å². The summed E-state index contributed by atoms with van der Waals surface area (Å²) in [7, 11) is 0. The highest BCUT2D eigenvalue weighted by molar-refractivity contribution is 7.11. The van der Waals surface area contributed by atoms with Crippen LogP contribution < -0.4 is 5.32 Å². The molecule has 6 heteroatoms. The molecule has 146 valence electrons. The first kappa shape index (κ1) is 20.3. The SMILES string of the molecule is CCOC(=O)c1ccccc1N/C=C(\C#N)c1nc(-c2ccc(C)c(C)c2)cs1. The maximum absolute atomic E-state index is 12.1. The number of thiazole rings is 1. The van der Waals surface area contributed by atoms with Crippen molar-refractivity contribution in [2.24, 2.45) is 0 Å². The van der Waals surface area contributed by atoms with Crippen LogP contribution in [0.3, 0.4) is 0 Å². The molecule has 1 aromatic heterocycles.